The van der Waals surface area contributed by atoms with Crippen LogP contribution in [0.25, 0.3) is 0 Å². The number of nitrogens with one attached hydrogen (secondary N) is 4. The van der Waals surface area contributed by atoms with Gasteiger partial charge in [-0.25, -0.2) is 0 Å². The van der Waals surface area contributed by atoms with Crippen molar-refractivity contribution in [3.63, 3.8) is 0 Å². The first-order valence-corrected chi connectivity index (χ1v) is 9.69. The molecule has 0 spiro atoms. The van der Waals surface area contributed by atoms with E-state index in [1.54, 1.807) is 12.1 Å². The predicted octanol–water partition coefficient (Wildman–Crippen LogP) is -0.633. The molecule has 26 heavy (non-hydrogen) atoms. The number of hydrogen-bond donors (Lipinski definition) is 4. The van der Waals surface area contributed by atoms with Crippen molar-refractivity contribution >= 4 is 29.1 Å². The van der Waals surface area contributed by atoms with Crippen LogP contribution in [0.1, 0.15) is 27.2 Å². The standard InChI is InChI=1S/C19H29ClN4O2/c1-4-19(2,3)22-18(26)14-24-11-9-23(10-12-24)13-17(25)21-16-8-6-5-7-15(16)20/h5-8H,4,9-14H2,1-3H3,(H,21,25)(H,22,26)/p+2. The van der Waals surface area contributed by atoms with Crippen molar-refractivity contribution in [1.82, 2.24) is 5.32 Å². The molecule has 1 heterocycles. The number of hydrogen-bond acceptors (Lipinski definition) is 2. The van der Waals surface area contributed by atoms with Gasteiger partial charge < -0.3 is 20.4 Å². The van der Waals surface area contributed by atoms with Crippen LogP contribution in [0.15, 0.2) is 24.3 Å². The van der Waals surface area contributed by atoms with Gasteiger partial charge in [0.15, 0.2) is 13.1 Å². The smallest absolute Gasteiger partial charge is 0.279 e. The fourth-order valence-corrected chi connectivity index (χ4v) is 3.21. The molecule has 0 aliphatic carbocycles. The zero-order chi connectivity index (χ0) is 19.2. The van der Waals surface area contributed by atoms with Gasteiger partial charge in [0.05, 0.1) is 10.7 Å². The lowest BCUT2D eigenvalue weighted by molar-refractivity contribution is -1.00. The minimum Gasteiger partial charge on any atom is -0.346 e. The molecule has 7 heteroatoms. The average Bonchev–Trinajstić information content (AvgIpc) is 2.58. The zero-order valence-electron chi connectivity index (χ0n) is 16.0. The number of benzene rings is 1. The Morgan fingerprint density at radius 1 is 1.04 bits per heavy atom. The molecule has 0 bridgehead atoms. The maximum Gasteiger partial charge on any atom is 0.279 e. The van der Waals surface area contributed by atoms with Gasteiger partial charge in [-0.15, -0.1) is 0 Å². The van der Waals surface area contributed by atoms with Gasteiger partial charge in [-0.2, -0.15) is 0 Å². The van der Waals surface area contributed by atoms with E-state index in [1.807, 2.05) is 26.0 Å². The fourth-order valence-electron chi connectivity index (χ4n) is 3.03. The Hall–Kier alpha value is -1.63. The van der Waals surface area contributed by atoms with Gasteiger partial charge in [-0.3, -0.25) is 9.59 Å². The highest BCUT2D eigenvalue weighted by atomic mass is 35.5. The molecule has 6 nitrogen and oxygen atoms in total. The van der Waals surface area contributed by atoms with Crippen molar-refractivity contribution in [3.05, 3.63) is 29.3 Å². The summed E-state index contributed by atoms with van der Waals surface area (Å²) < 4.78 is 0. The number of amides is 2. The number of halogens is 1. The van der Waals surface area contributed by atoms with Crippen LogP contribution in [0.5, 0.6) is 0 Å². The molecule has 1 aromatic rings. The molecule has 1 aliphatic rings. The van der Waals surface area contributed by atoms with E-state index in [0.717, 1.165) is 32.6 Å². The molecule has 1 saturated heterocycles. The van der Waals surface area contributed by atoms with Crippen molar-refractivity contribution in [3.8, 4) is 0 Å². The van der Waals surface area contributed by atoms with E-state index >= 15 is 0 Å². The summed E-state index contributed by atoms with van der Waals surface area (Å²) in [5.74, 6) is 0.0748. The Labute approximate surface area is 160 Å². The lowest BCUT2D eigenvalue weighted by Crippen LogP contribution is -3.28. The fraction of sp³-hybridized carbons (Fsp3) is 0.579. The molecule has 2 rings (SSSR count). The normalized spacial score (nSPS) is 20.5. The topological polar surface area (TPSA) is 67.1 Å². The van der Waals surface area contributed by atoms with E-state index in [4.69, 9.17) is 11.6 Å². The Morgan fingerprint density at radius 2 is 1.58 bits per heavy atom. The van der Waals surface area contributed by atoms with Crippen LogP contribution < -0.4 is 20.4 Å². The minimum atomic E-state index is -0.152. The highest BCUT2D eigenvalue weighted by Gasteiger charge is 2.28. The summed E-state index contributed by atoms with van der Waals surface area (Å²) in [5.41, 5.74) is 0.499. The molecule has 0 saturated carbocycles. The van der Waals surface area contributed by atoms with Crippen LogP contribution in [0, 0.1) is 0 Å². The van der Waals surface area contributed by atoms with E-state index in [-0.39, 0.29) is 17.4 Å². The van der Waals surface area contributed by atoms with Gasteiger partial charge in [0.1, 0.15) is 26.2 Å². The summed E-state index contributed by atoms with van der Waals surface area (Å²) >= 11 is 6.07. The number of carbonyl (C=O) groups excluding carboxylic acids is 2. The molecule has 4 N–H and O–H groups in total. The molecule has 1 aromatic carbocycles. The van der Waals surface area contributed by atoms with Crippen LogP contribution in [0.3, 0.4) is 0 Å². The summed E-state index contributed by atoms with van der Waals surface area (Å²) in [6.45, 7) is 10.6. The Balaban J connectivity index is 1.72. The molecular weight excluding hydrogens is 352 g/mol. The second-order valence-electron chi connectivity index (χ2n) is 7.67. The van der Waals surface area contributed by atoms with Crippen LogP contribution in [0.4, 0.5) is 5.69 Å². The number of para-hydroxylation sites is 1. The van der Waals surface area contributed by atoms with Crippen molar-refractivity contribution in [2.75, 3.05) is 44.6 Å². The molecule has 0 aromatic heterocycles. The van der Waals surface area contributed by atoms with Crippen molar-refractivity contribution < 1.29 is 19.4 Å². The molecular formula is C19H31ClN4O2+2. The summed E-state index contributed by atoms with van der Waals surface area (Å²) in [4.78, 5) is 26.9. The van der Waals surface area contributed by atoms with E-state index in [9.17, 15) is 9.59 Å². The number of rotatable bonds is 7. The SMILES string of the molecule is CCC(C)(C)NC(=O)C[NH+]1CC[NH+](CC(=O)Nc2ccccc2Cl)CC1. The lowest BCUT2D eigenvalue weighted by atomic mass is 10.0. The average molecular weight is 383 g/mol. The van der Waals surface area contributed by atoms with Gasteiger partial charge in [-0.1, -0.05) is 30.7 Å². The van der Waals surface area contributed by atoms with Crippen molar-refractivity contribution in [2.45, 2.75) is 32.7 Å². The third-order valence-electron chi connectivity index (χ3n) is 4.99. The van der Waals surface area contributed by atoms with Gasteiger partial charge in [0.2, 0.25) is 0 Å². The van der Waals surface area contributed by atoms with Crippen LogP contribution in [0.2, 0.25) is 5.02 Å². The van der Waals surface area contributed by atoms with Crippen LogP contribution in [-0.2, 0) is 9.59 Å². The van der Waals surface area contributed by atoms with Crippen LogP contribution in [-0.4, -0.2) is 56.6 Å². The van der Waals surface area contributed by atoms with Crippen LogP contribution >= 0.6 is 11.6 Å². The first kappa shape index (κ1) is 20.7. The number of carbonyl (C=O) groups is 2. The summed E-state index contributed by atoms with van der Waals surface area (Å²) in [5, 5.41) is 6.50. The molecule has 0 unspecified atom stereocenters. The Kier molecular flexibility index (Phi) is 7.43. The monoisotopic (exact) mass is 382 g/mol. The second kappa shape index (κ2) is 9.35. The maximum absolute atomic E-state index is 12.2. The Morgan fingerprint density at radius 3 is 2.12 bits per heavy atom. The first-order chi connectivity index (χ1) is 12.3. The molecule has 0 atom stereocenters. The highest BCUT2D eigenvalue weighted by Crippen LogP contribution is 2.19. The summed E-state index contributed by atoms with van der Waals surface area (Å²) in [7, 11) is 0. The molecule has 1 aliphatic heterocycles. The van der Waals surface area contributed by atoms with Gasteiger partial charge in [-0.05, 0) is 32.4 Å². The molecule has 0 radical (unpaired) electrons. The van der Waals surface area contributed by atoms with Gasteiger partial charge >= 0.3 is 0 Å². The van der Waals surface area contributed by atoms with Crippen molar-refractivity contribution in [2.24, 2.45) is 0 Å². The lowest BCUT2D eigenvalue weighted by Gasteiger charge is -2.30. The number of quaternary nitrogens is 2. The third kappa shape index (κ3) is 6.59. The highest BCUT2D eigenvalue weighted by molar-refractivity contribution is 6.33. The van der Waals surface area contributed by atoms with Gasteiger partial charge in [0, 0.05) is 5.54 Å². The minimum absolute atomic E-state index is 0.0287. The van der Waals surface area contributed by atoms with Crippen molar-refractivity contribution in [1.29, 1.82) is 0 Å². The predicted molar refractivity (Wildman–Crippen MR) is 104 cm³/mol. The van der Waals surface area contributed by atoms with E-state index in [2.05, 4.69) is 17.6 Å². The van der Waals surface area contributed by atoms with E-state index < -0.39 is 0 Å². The van der Waals surface area contributed by atoms with E-state index in [1.165, 1.54) is 9.80 Å². The Bertz CT molecular complexity index is 628. The quantitative estimate of drug-likeness (QED) is 0.507. The maximum atomic E-state index is 12.2. The zero-order valence-corrected chi connectivity index (χ0v) is 16.7. The second-order valence-corrected chi connectivity index (χ2v) is 8.07. The number of anilines is 1. The first-order valence-electron chi connectivity index (χ1n) is 9.31. The molecule has 2 amide bonds. The third-order valence-corrected chi connectivity index (χ3v) is 5.32. The molecule has 1 fully saturated rings. The number of piperazine rings is 1. The summed E-state index contributed by atoms with van der Waals surface area (Å²) in [6, 6.07) is 7.25. The van der Waals surface area contributed by atoms with Gasteiger partial charge in [0.25, 0.3) is 11.8 Å². The molecule has 144 valence electrons. The summed E-state index contributed by atoms with van der Waals surface area (Å²) in [6.07, 6.45) is 0.909. The largest absolute Gasteiger partial charge is 0.346 e. The van der Waals surface area contributed by atoms with E-state index in [0.29, 0.717) is 23.8 Å².